The predicted octanol–water partition coefficient (Wildman–Crippen LogP) is 1.61. The van der Waals surface area contributed by atoms with E-state index in [-0.39, 0.29) is 5.60 Å². The van der Waals surface area contributed by atoms with Crippen LogP contribution in [-0.2, 0) is 15.9 Å². The van der Waals surface area contributed by atoms with Crippen LogP contribution in [0, 0.1) is 0 Å². The number of furan rings is 1. The molecule has 2 heterocycles. The highest BCUT2D eigenvalue weighted by Gasteiger charge is 2.34. The second-order valence-electron chi connectivity index (χ2n) is 4.76. The molecule has 0 bridgehead atoms. The van der Waals surface area contributed by atoms with Crippen LogP contribution in [0.5, 0.6) is 0 Å². The molecular formula is C13H21NO3. The lowest BCUT2D eigenvalue weighted by molar-refractivity contribution is -0.0172. The maximum absolute atomic E-state index is 5.57. The first-order valence-electron chi connectivity index (χ1n) is 6.13. The van der Waals surface area contributed by atoms with Crippen molar-refractivity contribution in [2.45, 2.75) is 31.4 Å². The minimum atomic E-state index is -0.141. The Morgan fingerprint density at radius 2 is 2.47 bits per heavy atom. The molecule has 1 saturated heterocycles. The molecule has 1 aliphatic rings. The predicted molar refractivity (Wildman–Crippen MR) is 65.1 cm³/mol. The van der Waals surface area contributed by atoms with Gasteiger partial charge in [-0.3, -0.25) is 0 Å². The van der Waals surface area contributed by atoms with Gasteiger partial charge < -0.3 is 19.2 Å². The molecule has 1 aromatic rings. The lowest BCUT2D eigenvalue weighted by Gasteiger charge is -2.27. The molecule has 1 aliphatic heterocycles. The monoisotopic (exact) mass is 239 g/mol. The average Bonchev–Trinajstić information content (AvgIpc) is 2.98. The van der Waals surface area contributed by atoms with Crippen LogP contribution in [0.25, 0.3) is 0 Å². The molecule has 1 fully saturated rings. The van der Waals surface area contributed by atoms with Crippen molar-refractivity contribution in [1.29, 1.82) is 0 Å². The van der Waals surface area contributed by atoms with Crippen LogP contribution in [0.2, 0.25) is 0 Å². The van der Waals surface area contributed by atoms with Crippen LogP contribution in [-0.4, -0.2) is 38.5 Å². The number of methoxy groups -OCH3 is 1. The Morgan fingerprint density at radius 1 is 1.59 bits per heavy atom. The molecule has 0 aromatic carbocycles. The molecular weight excluding hydrogens is 218 g/mol. The van der Waals surface area contributed by atoms with Crippen LogP contribution >= 0.6 is 0 Å². The van der Waals surface area contributed by atoms with Gasteiger partial charge in [0, 0.05) is 39.1 Å². The van der Waals surface area contributed by atoms with E-state index in [0.717, 1.165) is 31.8 Å². The zero-order valence-corrected chi connectivity index (χ0v) is 10.6. The maximum atomic E-state index is 5.57. The van der Waals surface area contributed by atoms with Crippen molar-refractivity contribution < 1.29 is 13.9 Å². The first kappa shape index (κ1) is 12.6. The van der Waals surface area contributed by atoms with Crippen molar-refractivity contribution in [3.8, 4) is 0 Å². The fourth-order valence-electron chi connectivity index (χ4n) is 2.12. The summed E-state index contributed by atoms with van der Waals surface area (Å²) in [4.78, 5) is 0. The van der Waals surface area contributed by atoms with Gasteiger partial charge in [0.2, 0.25) is 0 Å². The van der Waals surface area contributed by atoms with Crippen molar-refractivity contribution in [2.24, 2.45) is 0 Å². The summed E-state index contributed by atoms with van der Waals surface area (Å²) in [5.74, 6) is 1.01. The first-order chi connectivity index (χ1) is 8.24. The molecule has 1 N–H and O–H groups in total. The van der Waals surface area contributed by atoms with Gasteiger partial charge in [0.25, 0.3) is 0 Å². The van der Waals surface area contributed by atoms with E-state index in [1.165, 1.54) is 0 Å². The largest absolute Gasteiger partial charge is 0.469 e. The van der Waals surface area contributed by atoms with Gasteiger partial charge in [-0.25, -0.2) is 0 Å². The van der Waals surface area contributed by atoms with Gasteiger partial charge in [0.15, 0.2) is 0 Å². The Bertz CT molecular complexity index is 317. The zero-order valence-electron chi connectivity index (χ0n) is 10.6. The van der Waals surface area contributed by atoms with E-state index in [1.54, 1.807) is 13.4 Å². The number of rotatable bonds is 6. The molecule has 2 atom stereocenters. The summed E-state index contributed by atoms with van der Waals surface area (Å²) in [6, 6.07) is 4.29. The second-order valence-corrected chi connectivity index (χ2v) is 4.76. The van der Waals surface area contributed by atoms with Gasteiger partial charge in [0.05, 0.1) is 12.9 Å². The van der Waals surface area contributed by atoms with E-state index < -0.39 is 0 Å². The molecule has 0 amide bonds. The van der Waals surface area contributed by atoms with Crippen LogP contribution in [0.4, 0.5) is 0 Å². The number of hydrogen-bond donors (Lipinski definition) is 1. The Hall–Kier alpha value is -0.840. The number of ether oxygens (including phenoxy) is 2. The van der Waals surface area contributed by atoms with Crippen molar-refractivity contribution in [3.63, 3.8) is 0 Å². The Morgan fingerprint density at radius 3 is 3.06 bits per heavy atom. The van der Waals surface area contributed by atoms with Crippen molar-refractivity contribution >= 4 is 0 Å². The third kappa shape index (κ3) is 3.31. The quantitative estimate of drug-likeness (QED) is 0.819. The molecule has 17 heavy (non-hydrogen) atoms. The van der Waals surface area contributed by atoms with Gasteiger partial charge in [0.1, 0.15) is 11.4 Å². The summed E-state index contributed by atoms with van der Waals surface area (Å²) in [7, 11) is 1.76. The maximum Gasteiger partial charge on any atom is 0.106 e. The SMILES string of the molecule is COC1(CNC(C)Cc2ccco2)CCOC1. The highest BCUT2D eigenvalue weighted by Crippen LogP contribution is 2.21. The van der Waals surface area contributed by atoms with E-state index in [1.807, 2.05) is 12.1 Å². The molecule has 2 rings (SSSR count). The summed E-state index contributed by atoms with van der Waals surface area (Å²) in [6.45, 7) is 4.46. The highest BCUT2D eigenvalue weighted by atomic mass is 16.5. The van der Waals surface area contributed by atoms with Crippen LogP contribution in [0.1, 0.15) is 19.1 Å². The molecule has 4 heteroatoms. The third-order valence-corrected chi connectivity index (χ3v) is 3.36. The fourth-order valence-corrected chi connectivity index (χ4v) is 2.12. The second kappa shape index (κ2) is 5.67. The van der Waals surface area contributed by atoms with Crippen molar-refractivity contribution in [1.82, 2.24) is 5.32 Å². The lowest BCUT2D eigenvalue weighted by atomic mass is 10.0. The third-order valence-electron chi connectivity index (χ3n) is 3.36. The van der Waals surface area contributed by atoms with Crippen LogP contribution < -0.4 is 5.32 Å². The molecule has 0 radical (unpaired) electrons. The molecule has 0 saturated carbocycles. The minimum Gasteiger partial charge on any atom is -0.469 e. The summed E-state index contributed by atoms with van der Waals surface area (Å²) in [5, 5.41) is 3.49. The molecule has 4 nitrogen and oxygen atoms in total. The molecule has 1 aromatic heterocycles. The highest BCUT2D eigenvalue weighted by molar-refractivity contribution is 5.00. The summed E-state index contributed by atoms with van der Waals surface area (Å²) < 4.78 is 16.3. The van der Waals surface area contributed by atoms with E-state index in [9.17, 15) is 0 Å². The summed E-state index contributed by atoms with van der Waals surface area (Å²) >= 11 is 0. The molecule has 0 aliphatic carbocycles. The Kier molecular flexibility index (Phi) is 4.20. The van der Waals surface area contributed by atoms with Crippen LogP contribution in [0.15, 0.2) is 22.8 Å². The topological polar surface area (TPSA) is 43.6 Å². The Balaban J connectivity index is 1.77. The van der Waals surface area contributed by atoms with Crippen LogP contribution in [0.3, 0.4) is 0 Å². The minimum absolute atomic E-state index is 0.141. The van der Waals surface area contributed by atoms with E-state index in [0.29, 0.717) is 12.6 Å². The average molecular weight is 239 g/mol. The van der Waals surface area contributed by atoms with Gasteiger partial charge >= 0.3 is 0 Å². The molecule has 96 valence electrons. The fraction of sp³-hybridized carbons (Fsp3) is 0.692. The smallest absolute Gasteiger partial charge is 0.106 e. The normalized spacial score (nSPS) is 26.2. The van der Waals surface area contributed by atoms with Crippen molar-refractivity contribution in [2.75, 3.05) is 26.9 Å². The van der Waals surface area contributed by atoms with Gasteiger partial charge in [-0.2, -0.15) is 0 Å². The van der Waals surface area contributed by atoms with E-state index >= 15 is 0 Å². The van der Waals surface area contributed by atoms with Crippen molar-refractivity contribution in [3.05, 3.63) is 24.2 Å². The number of hydrogen-bond acceptors (Lipinski definition) is 4. The van der Waals surface area contributed by atoms with E-state index in [4.69, 9.17) is 13.9 Å². The molecule has 0 spiro atoms. The zero-order chi connectivity index (χ0) is 12.1. The first-order valence-corrected chi connectivity index (χ1v) is 6.13. The van der Waals surface area contributed by atoms with Gasteiger partial charge in [-0.05, 0) is 19.1 Å². The van der Waals surface area contributed by atoms with E-state index in [2.05, 4.69) is 12.2 Å². The summed E-state index contributed by atoms with van der Waals surface area (Å²) in [6.07, 6.45) is 3.57. The standard InChI is InChI=1S/C13H21NO3/c1-11(8-12-4-3-6-17-12)14-9-13(15-2)5-7-16-10-13/h3-4,6,11,14H,5,7-10H2,1-2H3. The lowest BCUT2D eigenvalue weighted by Crippen LogP contribution is -2.46. The molecule has 2 unspecified atom stereocenters. The Labute approximate surface area is 102 Å². The van der Waals surface area contributed by atoms with Gasteiger partial charge in [-0.15, -0.1) is 0 Å². The van der Waals surface area contributed by atoms with Gasteiger partial charge in [-0.1, -0.05) is 0 Å². The number of nitrogens with one attached hydrogen (secondary N) is 1. The summed E-state index contributed by atoms with van der Waals surface area (Å²) in [5.41, 5.74) is -0.141.